The minimum Gasteiger partial charge on any atom is -0.385 e. The Balaban J connectivity index is 3.39. The fourth-order valence-corrected chi connectivity index (χ4v) is 1.50. The Morgan fingerprint density at radius 3 is 2.33 bits per heavy atom. The van der Waals surface area contributed by atoms with E-state index in [1.807, 2.05) is 25.8 Å². The van der Waals surface area contributed by atoms with Crippen molar-refractivity contribution in [3.63, 3.8) is 0 Å². The number of rotatable bonds is 8. The van der Waals surface area contributed by atoms with Crippen molar-refractivity contribution in [1.82, 2.24) is 4.90 Å². The topological polar surface area (TPSA) is 29.5 Å². The van der Waals surface area contributed by atoms with Crippen molar-refractivity contribution in [3.05, 3.63) is 0 Å². The van der Waals surface area contributed by atoms with E-state index in [-0.39, 0.29) is 11.8 Å². The molecule has 0 saturated carbocycles. The van der Waals surface area contributed by atoms with Crippen LogP contribution in [0.5, 0.6) is 0 Å². The third-order valence-corrected chi connectivity index (χ3v) is 2.46. The molecule has 0 aromatic carbocycles. The first-order valence-electron chi connectivity index (χ1n) is 5.83. The molecule has 0 N–H and O–H groups in total. The molecule has 15 heavy (non-hydrogen) atoms. The summed E-state index contributed by atoms with van der Waals surface area (Å²) in [6, 6.07) is 0. The maximum absolute atomic E-state index is 11.5. The zero-order valence-corrected chi connectivity index (χ0v) is 10.6. The van der Waals surface area contributed by atoms with E-state index in [1.165, 1.54) is 12.8 Å². The Bertz CT molecular complexity index is 169. The van der Waals surface area contributed by atoms with E-state index in [9.17, 15) is 4.79 Å². The van der Waals surface area contributed by atoms with Crippen molar-refractivity contribution in [2.24, 2.45) is 5.92 Å². The SMILES string of the molecule is COCCCCCCN(C)C(=O)C(C)C. The molecule has 1 amide bonds. The number of carbonyl (C=O) groups excluding carboxylic acids is 1. The van der Waals surface area contributed by atoms with Crippen LogP contribution in [-0.4, -0.2) is 38.1 Å². The first kappa shape index (κ1) is 14.4. The van der Waals surface area contributed by atoms with Gasteiger partial charge in [-0.2, -0.15) is 0 Å². The Labute approximate surface area is 93.8 Å². The lowest BCUT2D eigenvalue weighted by atomic mass is 10.1. The molecule has 0 unspecified atom stereocenters. The molecule has 0 aliphatic carbocycles. The van der Waals surface area contributed by atoms with Crippen LogP contribution in [0.2, 0.25) is 0 Å². The standard InChI is InChI=1S/C12H25NO2/c1-11(2)12(14)13(3)9-7-5-6-8-10-15-4/h11H,5-10H2,1-4H3. The van der Waals surface area contributed by atoms with Crippen LogP contribution >= 0.6 is 0 Å². The predicted octanol–water partition coefficient (Wildman–Crippen LogP) is 2.31. The summed E-state index contributed by atoms with van der Waals surface area (Å²) in [4.78, 5) is 13.3. The molecule has 0 aromatic rings. The van der Waals surface area contributed by atoms with E-state index in [0.717, 1.165) is 26.0 Å². The van der Waals surface area contributed by atoms with Gasteiger partial charge in [0.05, 0.1) is 0 Å². The fourth-order valence-electron chi connectivity index (χ4n) is 1.50. The molecule has 0 rings (SSSR count). The van der Waals surface area contributed by atoms with E-state index in [0.29, 0.717) is 0 Å². The lowest BCUT2D eigenvalue weighted by Gasteiger charge is -2.19. The second-order valence-corrected chi connectivity index (χ2v) is 4.32. The molecular formula is C12H25NO2. The van der Waals surface area contributed by atoms with Crippen molar-refractivity contribution < 1.29 is 9.53 Å². The molecule has 0 saturated heterocycles. The first-order valence-corrected chi connectivity index (χ1v) is 5.83. The highest BCUT2D eigenvalue weighted by Crippen LogP contribution is 2.04. The molecule has 0 atom stereocenters. The molecule has 0 aliphatic heterocycles. The number of amides is 1. The molecule has 0 bridgehead atoms. The maximum atomic E-state index is 11.5. The Hall–Kier alpha value is -0.570. The molecule has 0 aliphatic rings. The summed E-state index contributed by atoms with van der Waals surface area (Å²) in [5.41, 5.74) is 0. The van der Waals surface area contributed by atoms with Gasteiger partial charge in [0.25, 0.3) is 0 Å². The van der Waals surface area contributed by atoms with Crippen LogP contribution in [0.25, 0.3) is 0 Å². The van der Waals surface area contributed by atoms with E-state index < -0.39 is 0 Å². The number of carbonyl (C=O) groups is 1. The van der Waals surface area contributed by atoms with Crippen molar-refractivity contribution >= 4 is 5.91 Å². The zero-order chi connectivity index (χ0) is 11.7. The van der Waals surface area contributed by atoms with Gasteiger partial charge < -0.3 is 9.64 Å². The van der Waals surface area contributed by atoms with Gasteiger partial charge in [-0.3, -0.25) is 4.79 Å². The zero-order valence-electron chi connectivity index (χ0n) is 10.6. The van der Waals surface area contributed by atoms with E-state index in [1.54, 1.807) is 7.11 Å². The highest BCUT2D eigenvalue weighted by atomic mass is 16.5. The third-order valence-electron chi connectivity index (χ3n) is 2.46. The average Bonchev–Trinajstić information content (AvgIpc) is 2.21. The third kappa shape index (κ3) is 7.37. The normalized spacial score (nSPS) is 10.7. The van der Waals surface area contributed by atoms with Crippen LogP contribution in [0.3, 0.4) is 0 Å². The second kappa shape index (κ2) is 8.72. The van der Waals surface area contributed by atoms with Gasteiger partial charge in [0.1, 0.15) is 0 Å². The van der Waals surface area contributed by atoms with Gasteiger partial charge in [0, 0.05) is 33.2 Å². The molecular weight excluding hydrogens is 190 g/mol. The number of nitrogens with zero attached hydrogens (tertiary/aromatic N) is 1. The summed E-state index contributed by atoms with van der Waals surface area (Å²) < 4.78 is 4.97. The molecule has 0 fully saturated rings. The van der Waals surface area contributed by atoms with Gasteiger partial charge in [-0.15, -0.1) is 0 Å². The number of ether oxygens (including phenoxy) is 1. The first-order chi connectivity index (χ1) is 7.09. The number of unbranched alkanes of at least 4 members (excludes halogenated alkanes) is 3. The van der Waals surface area contributed by atoms with Crippen molar-refractivity contribution in [1.29, 1.82) is 0 Å². The van der Waals surface area contributed by atoms with Crippen LogP contribution in [0.4, 0.5) is 0 Å². The summed E-state index contributed by atoms with van der Waals surface area (Å²) in [7, 11) is 3.62. The van der Waals surface area contributed by atoms with Gasteiger partial charge in [-0.05, 0) is 12.8 Å². The summed E-state index contributed by atoms with van der Waals surface area (Å²) >= 11 is 0. The number of hydrogen-bond acceptors (Lipinski definition) is 2. The van der Waals surface area contributed by atoms with E-state index in [4.69, 9.17) is 4.74 Å². The number of methoxy groups -OCH3 is 1. The Morgan fingerprint density at radius 2 is 1.80 bits per heavy atom. The Morgan fingerprint density at radius 1 is 1.20 bits per heavy atom. The van der Waals surface area contributed by atoms with Gasteiger partial charge in [-0.1, -0.05) is 26.7 Å². The maximum Gasteiger partial charge on any atom is 0.224 e. The minimum absolute atomic E-state index is 0.114. The Kier molecular flexibility index (Phi) is 8.38. The van der Waals surface area contributed by atoms with Crippen molar-refractivity contribution in [2.75, 3.05) is 27.3 Å². The van der Waals surface area contributed by atoms with Gasteiger partial charge in [-0.25, -0.2) is 0 Å². The smallest absolute Gasteiger partial charge is 0.224 e. The average molecular weight is 215 g/mol. The minimum atomic E-state index is 0.114. The van der Waals surface area contributed by atoms with Gasteiger partial charge in [0.2, 0.25) is 5.91 Å². The highest BCUT2D eigenvalue weighted by molar-refractivity contribution is 5.77. The lowest BCUT2D eigenvalue weighted by Crippen LogP contribution is -2.31. The van der Waals surface area contributed by atoms with E-state index >= 15 is 0 Å². The van der Waals surface area contributed by atoms with Crippen LogP contribution in [0.1, 0.15) is 39.5 Å². The number of hydrogen-bond donors (Lipinski definition) is 0. The highest BCUT2D eigenvalue weighted by Gasteiger charge is 2.11. The van der Waals surface area contributed by atoms with Crippen LogP contribution in [0, 0.1) is 5.92 Å². The van der Waals surface area contributed by atoms with Crippen LogP contribution in [0.15, 0.2) is 0 Å². The summed E-state index contributed by atoms with van der Waals surface area (Å²) in [6.07, 6.45) is 4.59. The molecule has 0 radical (unpaired) electrons. The lowest BCUT2D eigenvalue weighted by molar-refractivity contribution is -0.133. The molecule has 0 aromatic heterocycles. The molecule has 3 heteroatoms. The van der Waals surface area contributed by atoms with Gasteiger partial charge in [0.15, 0.2) is 0 Å². The second-order valence-electron chi connectivity index (χ2n) is 4.32. The summed E-state index contributed by atoms with van der Waals surface area (Å²) in [5, 5.41) is 0. The van der Waals surface area contributed by atoms with Gasteiger partial charge >= 0.3 is 0 Å². The summed E-state index contributed by atoms with van der Waals surface area (Å²) in [6.45, 7) is 5.61. The fraction of sp³-hybridized carbons (Fsp3) is 0.917. The van der Waals surface area contributed by atoms with Crippen molar-refractivity contribution in [2.45, 2.75) is 39.5 Å². The molecule has 0 heterocycles. The van der Waals surface area contributed by atoms with Crippen LogP contribution in [-0.2, 0) is 9.53 Å². The molecule has 90 valence electrons. The monoisotopic (exact) mass is 215 g/mol. The molecule has 0 spiro atoms. The van der Waals surface area contributed by atoms with Crippen molar-refractivity contribution in [3.8, 4) is 0 Å². The largest absolute Gasteiger partial charge is 0.385 e. The van der Waals surface area contributed by atoms with E-state index in [2.05, 4.69) is 0 Å². The van der Waals surface area contributed by atoms with Crippen LogP contribution < -0.4 is 0 Å². The quantitative estimate of drug-likeness (QED) is 0.581. The molecule has 3 nitrogen and oxygen atoms in total. The summed E-state index contributed by atoms with van der Waals surface area (Å²) in [5.74, 6) is 0.357. The predicted molar refractivity (Wildman–Crippen MR) is 62.8 cm³/mol.